The summed E-state index contributed by atoms with van der Waals surface area (Å²) >= 11 is 0. The molecular formula is C16H23NO. The molecule has 0 saturated carbocycles. The zero-order valence-electron chi connectivity index (χ0n) is 11.4. The van der Waals surface area contributed by atoms with E-state index in [0.29, 0.717) is 24.2 Å². The van der Waals surface area contributed by atoms with Crippen LogP contribution >= 0.6 is 0 Å². The second-order valence-electron chi connectivity index (χ2n) is 5.73. The molecule has 1 amide bonds. The molecule has 1 aromatic carbocycles. The lowest BCUT2D eigenvalue weighted by Gasteiger charge is -2.35. The van der Waals surface area contributed by atoms with Crippen molar-refractivity contribution in [2.24, 2.45) is 11.8 Å². The number of carbonyl (C=O) groups is 1. The first kappa shape index (κ1) is 13.1. The smallest absolute Gasteiger partial charge is 0.222 e. The van der Waals surface area contributed by atoms with Crippen LogP contribution in [-0.2, 0) is 11.2 Å². The van der Waals surface area contributed by atoms with Crippen LogP contribution < -0.4 is 0 Å². The van der Waals surface area contributed by atoms with E-state index in [0.717, 1.165) is 19.5 Å². The molecule has 1 aliphatic rings. The van der Waals surface area contributed by atoms with Crippen LogP contribution in [-0.4, -0.2) is 23.9 Å². The second-order valence-corrected chi connectivity index (χ2v) is 5.73. The first-order valence-corrected chi connectivity index (χ1v) is 6.97. The van der Waals surface area contributed by atoms with E-state index < -0.39 is 0 Å². The van der Waals surface area contributed by atoms with Crippen LogP contribution in [0, 0.1) is 11.8 Å². The molecule has 2 heteroatoms. The maximum atomic E-state index is 12.2. The molecule has 2 nitrogen and oxygen atoms in total. The third-order valence-corrected chi connectivity index (χ3v) is 3.69. The molecule has 1 saturated heterocycles. The van der Waals surface area contributed by atoms with Crippen LogP contribution in [0.4, 0.5) is 0 Å². The molecule has 0 radical (unpaired) electrons. The van der Waals surface area contributed by atoms with Crippen LogP contribution in [0.25, 0.3) is 0 Å². The van der Waals surface area contributed by atoms with Crippen molar-refractivity contribution in [2.75, 3.05) is 13.1 Å². The highest BCUT2D eigenvalue weighted by molar-refractivity contribution is 5.76. The Balaban J connectivity index is 1.84. The Morgan fingerprint density at radius 2 is 1.78 bits per heavy atom. The summed E-state index contributed by atoms with van der Waals surface area (Å²) in [5, 5.41) is 0. The van der Waals surface area contributed by atoms with Crippen molar-refractivity contribution in [3.05, 3.63) is 35.9 Å². The van der Waals surface area contributed by atoms with Gasteiger partial charge < -0.3 is 4.90 Å². The first-order chi connectivity index (χ1) is 8.65. The minimum atomic E-state index is 0.317. The maximum Gasteiger partial charge on any atom is 0.222 e. The summed E-state index contributed by atoms with van der Waals surface area (Å²) in [4.78, 5) is 14.2. The monoisotopic (exact) mass is 245 g/mol. The first-order valence-electron chi connectivity index (χ1n) is 6.97. The largest absolute Gasteiger partial charge is 0.342 e. The Kier molecular flexibility index (Phi) is 4.40. The van der Waals surface area contributed by atoms with Gasteiger partial charge in [0.25, 0.3) is 0 Å². The van der Waals surface area contributed by atoms with Crippen molar-refractivity contribution in [1.82, 2.24) is 4.90 Å². The molecule has 1 aliphatic heterocycles. The van der Waals surface area contributed by atoms with Gasteiger partial charge >= 0.3 is 0 Å². The molecule has 1 fully saturated rings. The molecule has 18 heavy (non-hydrogen) atoms. The van der Waals surface area contributed by atoms with Crippen LogP contribution in [0.2, 0.25) is 0 Å². The van der Waals surface area contributed by atoms with Crippen LogP contribution in [0.15, 0.2) is 30.3 Å². The fourth-order valence-electron chi connectivity index (χ4n) is 2.92. The van der Waals surface area contributed by atoms with Gasteiger partial charge in [-0.15, -0.1) is 0 Å². The van der Waals surface area contributed by atoms with Crippen LogP contribution in [0.1, 0.15) is 32.3 Å². The van der Waals surface area contributed by atoms with Crippen LogP contribution in [0.5, 0.6) is 0 Å². The van der Waals surface area contributed by atoms with Gasteiger partial charge in [-0.1, -0.05) is 44.2 Å². The second kappa shape index (κ2) is 6.03. The molecule has 2 rings (SSSR count). The summed E-state index contributed by atoms with van der Waals surface area (Å²) < 4.78 is 0. The van der Waals surface area contributed by atoms with Crippen LogP contribution in [0.3, 0.4) is 0 Å². The lowest BCUT2D eigenvalue weighted by molar-refractivity contribution is -0.133. The predicted octanol–water partition coefficient (Wildman–Crippen LogP) is 3.12. The van der Waals surface area contributed by atoms with Gasteiger partial charge in [0.1, 0.15) is 0 Å². The summed E-state index contributed by atoms with van der Waals surface area (Å²) in [7, 11) is 0. The van der Waals surface area contributed by atoms with Crippen molar-refractivity contribution in [3.63, 3.8) is 0 Å². The van der Waals surface area contributed by atoms with Gasteiger partial charge in [0.05, 0.1) is 0 Å². The van der Waals surface area contributed by atoms with E-state index in [1.54, 1.807) is 0 Å². The van der Waals surface area contributed by atoms with Crippen molar-refractivity contribution < 1.29 is 4.79 Å². The molecule has 0 spiro atoms. The molecule has 98 valence electrons. The van der Waals surface area contributed by atoms with Gasteiger partial charge in [0, 0.05) is 19.5 Å². The molecule has 2 atom stereocenters. The Morgan fingerprint density at radius 3 is 2.39 bits per heavy atom. The maximum absolute atomic E-state index is 12.2. The average molecular weight is 245 g/mol. The minimum absolute atomic E-state index is 0.317. The Labute approximate surface area is 110 Å². The number of aryl methyl sites for hydroxylation is 1. The number of rotatable bonds is 3. The number of amides is 1. The van der Waals surface area contributed by atoms with Crippen molar-refractivity contribution >= 4 is 5.91 Å². The lowest BCUT2D eigenvalue weighted by atomic mass is 9.91. The summed E-state index contributed by atoms with van der Waals surface area (Å²) in [5.41, 5.74) is 1.25. The highest BCUT2D eigenvalue weighted by atomic mass is 16.2. The highest BCUT2D eigenvalue weighted by Crippen LogP contribution is 2.21. The van der Waals surface area contributed by atoms with Gasteiger partial charge in [0.2, 0.25) is 5.91 Å². The minimum Gasteiger partial charge on any atom is -0.342 e. The molecule has 1 aromatic rings. The predicted molar refractivity (Wildman–Crippen MR) is 74.3 cm³/mol. The third kappa shape index (κ3) is 3.59. The number of carbonyl (C=O) groups excluding carboxylic acids is 1. The van der Waals surface area contributed by atoms with E-state index in [1.807, 2.05) is 18.2 Å². The molecule has 0 unspecified atom stereocenters. The summed E-state index contributed by atoms with van der Waals surface area (Å²) in [6.07, 6.45) is 2.75. The third-order valence-electron chi connectivity index (χ3n) is 3.69. The lowest BCUT2D eigenvalue weighted by Crippen LogP contribution is -2.42. The fraction of sp³-hybridized carbons (Fsp3) is 0.562. The molecule has 0 bridgehead atoms. The standard InChI is InChI=1S/C16H23NO/c1-13-10-14(2)12-17(11-13)16(18)9-8-15-6-4-3-5-7-15/h3-7,13-14H,8-12H2,1-2H3/t13-,14-/m0/s1. The van der Waals surface area contributed by atoms with Crippen molar-refractivity contribution in [2.45, 2.75) is 33.1 Å². The molecule has 0 aliphatic carbocycles. The fourth-order valence-corrected chi connectivity index (χ4v) is 2.92. The number of likely N-dealkylation sites (tertiary alicyclic amines) is 1. The highest BCUT2D eigenvalue weighted by Gasteiger charge is 2.24. The number of benzene rings is 1. The van der Waals surface area contributed by atoms with Gasteiger partial charge in [-0.25, -0.2) is 0 Å². The summed E-state index contributed by atoms with van der Waals surface area (Å²) in [5.74, 6) is 1.61. The number of hydrogen-bond donors (Lipinski definition) is 0. The van der Waals surface area contributed by atoms with E-state index >= 15 is 0 Å². The normalized spacial score (nSPS) is 24.0. The Bertz CT molecular complexity index is 377. The SMILES string of the molecule is C[C@H]1C[C@H](C)CN(C(=O)CCc2ccccc2)C1. The zero-order chi connectivity index (χ0) is 13.0. The van der Waals surface area contributed by atoms with Gasteiger partial charge in [-0.05, 0) is 30.2 Å². The molecule has 0 N–H and O–H groups in total. The Hall–Kier alpha value is -1.31. The Morgan fingerprint density at radius 1 is 1.17 bits per heavy atom. The quantitative estimate of drug-likeness (QED) is 0.801. The van der Waals surface area contributed by atoms with Gasteiger partial charge in [-0.3, -0.25) is 4.79 Å². The van der Waals surface area contributed by atoms with Crippen molar-refractivity contribution in [1.29, 1.82) is 0 Å². The van der Waals surface area contributed by atoms with E-state index in [9.17, 15) is 4.79 Å². The topological polar surface area (TPSA) is 20.3 Å². The molecule has 0 aromatic heterocycles. The van der Waals surface area contributed by atoms with E-state index in [1.165, 1.54) is 12.0 Å². The zero-order valence-corrected chi connectivity index (χ0v) is 11.4. The van der Waals surface area contributed by atoms with E-state index in [4.69, 9.17) is 0 Å². The number of piperidine rings is 1. The number of nitrogens with zero attached hydrogens (tertiary/aromatic N) is 1. The average Bonchev–Trinajstić information content (AvgIpc) is 2.36. The molecule has 1 heterocycles. The van der Waals surface area contributed by atoms with E-state index in [-0.39, 0.29) is 0 Å². The van der Waals surface area contributed by atoms with Gasteiger partial charge in [0.15, 0.2) is 0 Å². The summed E-state index contributed by atoms with van der Waals surface area (Å²) in [6, 6.07) is 10.3. The summed E-state index contributed by atoms with van der Waals surface area (Å²) in [6.45, 7) is 6.37. The van der Waals surface area contributed by atoms with Crippen molar-refractivity contribution in [3.8, 4) is 0 Å². The number of hydrogen-bond acceptors (Lipinski definition) is 1. The van der Waals surface area contributed by atoms with Gasteiger partial charge in [-0.2, -0.15) is 0 Å². The molecular weight excluding hydrogens is 222 g/mol. The van der Waals surface area contributed by atoms with E-state index in [2.05, 4.69) is 30.9 Å².